The Kier molecular flexibility index (Phi) is 4.32. The lowest BCUT2D eigenvalue weighted by atomic mass is 10.1. The van der Waals surface area contributed by atoms with Crippen molar-refractivity contribution in [2.45, 2.75) is 27.3 Å². The van der Waals surface area contributed by atoms with Crippen molar-refractivity contribution >= 4 is 22.5 Å². The molecule has 0 bridgehead atoms. The minimum Gasteiger partial charge on any atom is -0.265 e. The van der Waals surface area contributed by atoms with Crippen molar-refractivity contribution in [2.24, 2.45) is 0 Å². The Morgan fingerprint density at radius 3 is 2.67 bits per heavy atom. The van der Waals surface area contributed by atoms with Crippen LogP contribution in [0.15, 0.2) is 53.5 Å². The van der Waals surface area contributed by atoms with Crippen molar-refractivity contribution in [3.8, 4) is 5.69 Å². The molecule has 4 rings (SSSR count). The average molecular weight is 379 g/mol. The van der Waals surface area contributed by atoms with E-state index in [-0.39, 0.29) is 5.56 Å². The molecule has 0 fully saturated rings. The number of fused-ring (bicyclic) bond motifs is 1. The number of hydrogen-bond acceptors (Lipinski definition) is 3. The fourth-order valence-corrected chi connectivity index (χ4v) is 3.45. The predicted molar refractivity (Wildman–Crippen MR) is 108 cm³/mol. The highest BCUT2D eigenvalue weighted by atomic mass is 35.5. The third-order valence-electron chi connectivity index (χ3n) is 4.74. The highest BCUT2D eigenvalue weighted by molar-refractivity contribution is 6.30. The van der Waals surface area contributed by atoms with Gasteiger partial charge >= 0.3 is 0 Å². The molecular formula is C21H19ClN4O. The number of nitrogens with zero attached hydrogens (tertiary/aromatic N) is 4. The zero-order chi connectivity index (χ0) is 19.1. The summed E-state index contributed by atoms with van der Waals surface area (Å²) in [6.45, 7) is 6.40. The maximum absolute atomic E-state index is 13.2. The second-order valence-corrected chi connectivity index (χ2v) is 7.21. The molecule has 0 amide bonds. The van der Waals surface area contributed by atoms with Crippen LogP contribution in [0, 0.1) is 20.8 Å². The van der Waals surface area contributed by atoms with Crippen LogP contribution in [0.3, 0.4) is 0 Å². The number of aryl methyl sites for hydroxylation is 3. The molecule has 6 heteroatoms. The summed E-state index contributed by atoms with van der Waals surface area (Å²) in [5.41, 5.74) is 5.23. The van der Waals surface area contributed by atoms with Crippen LogP contribution >= 0.6 is 11.6 Å². The van der Waals surface area contributed by atoms with E-state index in [1.54, 1.807) is 23.0 Å². The van der Waals surface area contributed by atoms with E-state index < -0.39 is 0 Å². The van der Waals surface area contributed by atoms with Crippen LogP contribution in [0.25, 0.3) is 16.6 Å². The predicted octanol–water partition coefficient (Wildman–Crippen LogP) is 4.21. The topological polar surface area (TPSA) is 52.7 Å². The van der Waals surface area contributed by atoms with E-state index in [1.165, 1.54) is 4.68 Å². The van der Waals surface area contributed by atoms with Gasteiger partial charge in [-0.15, -0.1) is 0 Å². The van der Waals surface area contributed by atoms with Crippen molar-refractivity contribution in [1.29, 1.82) is 0 Å². The summed E-state index contributed by atoms with van der Waals surface area (Å²) in [4.78, 5) is 13.2. The third kappa shape index (κ3) is 3.15. The molecule has 0 aliphatic rings. The summed E-state index contributed by atoms with van der Waals surface area (Å²) in [5.74, 6) is 0. The molecule has 2 aromatic carbocycles. The summed E-state index contributed by atoms with van der Waals surface area (Å²) >= 11 is 6.12. The first kappa shape index (κ1) is 17.5. The van der Waals surface area contributed by atoms with Gasteiger partial charge in [0.1, 0.15) is 5.52 Å². The normalized spacial score (nSPS) is 11.3. The van der Waals surface area contributed by atoms with Crippen LogP contribution < -0.4 is 5.56 Å². The van der Waals surface area contributed by atoms with Crippen LogP contribution in [0.1, 0.15) is 22.4 Å². The molecule has 136 valence electrons. The van der Waals surface area contributed by atoms with Gasteiger partial charge in [-0.05, 0) is 50.1 Å². The highest BCUT2D eigenvalue weighted by Gasteiger charge is 2.16. The van der Waals surface area contributed by atoms with Gasteiger partial charge in [0.25, 0.3) is 5.56 Å². The number of hydrogen-bond donors (Lipinski definition) is 0. The minimum absolute atomic E-state index is 0.172. The Bertz CT molecular complexity index is 1220. The van der Waals surface area contributed by atoms with E-state index in [9.17, 15) is 4.79 Å². The van der Waals surface area contributed by atoms with Gasteiger partial charge in [0.05, 0.1) is 24.1 Å². The molecule has 0 N–H and O–H groups in total. The van der Waals surface area contributed by atoms with E-state index in [0.29, 0.717) is 17.1 Å². The molecule has 2 aromatic heterocycles. The lowest BCUT2D eigenvalue weighted by Crippen LogP contribution is -2.26. The van der Waals surface area contributed by atoms with Crippen LogP contribution in [0.2, 0.25) is 5.02 Å². The Hall–Kier alpha value is -2.92. The van der Waals surface area contributed by atoms with Gasteiger partial charge in [0.2, 0.25) is 0 Å². The van der Waals surface area contributed by atoms with Crippen LogP contribution in [0.5, 0.6) is 0 Å². The average Bonchev–Trinajstić information content (AvgIpc) is 3.08. The molecule has 4 aromatic rings. The fraction of sp³-hybridized carbons (Fsp3) is 0.190. The van der Waals surface area contributed by atoms with Crippen molar-refractivity contribution in [3.63, 3.8) is 0 Å². The molecule has 2 heterocycles. The quantitative estimate of drug-likeness (QED) is 0.536. The minimum atomic E-state index is -0.172. The summed E-state index contributed by atoms with van der Waals surface area (Å²) in [6, 6.07) is 13.5. The van der Waals surface area contributed by atoms with Crippen molar-refractivity contribution in [1.82, 2.24) is 19.6 Å². The van der Waals surface area contributed by atoms with E-state index >= 15 is 0 Å². The van der Waals surface area contributed by atoms with Crippen molar-refractivity contribution in [2.75, 3.05) is 0 Å². The summed E-state index contributed by atoms with van der Waals surface area (Å²) in [7, 11) is 0. The van der Waals surface area contributed by atoms with Gasteiger partial charge in [-0.1, -0.05) is 41.4 Å². The largest absolute Gasteiger partial charge is 0.293 e. The lowest BCUT2D eigenvalue weighted by molar-refractivity contribution is 0.632. The van der Waals surface area contributed by atoms with Crippen LogP contribution in [-0.4, -0.2) is 19.6 Å². The monoisotopic (exact) mass is 378 g/mol. The number of halogens is 1. The zero-order valence-corrected chi connectivity index (χ0v) is 16.2. The molecule has 0 saturated carbocycles. The third-order valence-corrected chi connectivity index (χ3v) is 4.98. The molecule has 0 aliphatic heterocycles. The van der Waals surface area contributed by atoms with E-state index in [1.807, 2.05) is 32.9 Å². The van der Waals surface area contributed by atoms with E-state index in [4.69, 9.17) is 11.6 Å². The summed E-state index contributed by atoms with van der Waals surface area (Å²) in [5, 5.41) is 10.3. The smallest absolute Gasteiger partial charge is 0.265 e. The maximum Gasteiger partial charge on any atom is 0.293 e. The maximum atomic E-state index is 13.2. The van der Waals surface area contributed by atoms with Gasteiger partial charge in [-0.2, -0.15) is 10.2 Å². The Labute approximate surface area is 161 Å². The molecular weight excluding hydrogens is 360 g/mol. The van der Waals surface area contributed by atoms with Gasteiger partial charge < -0.3 is 0 Å². The number of aromatic nitrogens is 4. The van der Waals surface area contributed by atoms with Crippen molar-refractivity contribution in [3.05, 3.63) is 86.4 Å². The van der Waals surface area contributed by atoms with Gasteiger partial charge in [-0.25, -0.2) is 9.36 Å². The van der Waals surface area contributed by atoms with E-state index in [0.717, 1.165) is 33.5 Å². The molecule has 5 nitrogen and oxygen atoms in total. The first-order valence-corrected chi connectivity index (χ1v) is 9.09. The fourth-order valence-electron chi connectivity index (χ4n) is 3.26. The van der Waals surface area contributed by atoms with Crippen LogP contribution in [-0.2, 0) is 6.54 Å². The first-order chi connectivity index (χ1) is 12.9. The first-order valence-electron chi connectivity index (χ1n) is 8.71. The molecule has 0 atom stereocenters. The van der Waals surface area contributed by atoms with Gasteiger partial charge in [-0.3, -0.25) is 4.79 Å². The summed E-state index contributed by atoms with van der Waals surface area (Å²) in [6.07, 6.45) is 1.68. The standard InChI is InChI=1S/C21H19ClN4O/c1-13-7-8-14(2)16(9-13)12-25-21(27)20-19(15(3)24-25)11-23-26(20)18-6-4-5-17(22)10-18/h4-11H,12H2,1-3H3. The van der Waals surface area contributed by atoms with Crippen molar-refractivity contribution < 1.29 is 0 Å². The lowest BCUT2D eigenvalue weighted by Gasteiger charge is -2.11. The zero-order valence-electron chi connectivity index (χ0n) is 15.4. The van der Waals surface area contributed by atoms with Crippen LogP contribution in [0.4, 0.5) is 0 Å². The van der Waals surface area contributed by atoms with Gasteiger partial charge in [0.15, 0.2) is 0 Å². The molecule has 0 spiro atoms. The molecule has 0 aliphatic carbocycles. The number of rotatable bonds is 3. The Morgan fingerprint density at radius 1 is 1.07 bits per heavy atom. The van der Waals surface area contributed by atoms with Gasteiger partial charge in [0, 0.05) is 10.4 Å². The molecule has 0 saturated heterocycles. The molecule has 0 radical (unpaired) electrons. The molecule has 0 unspecified atom stereocenters. The second-order valence-electron chi connectivity index (χ2n) is 6.78. The summed E-state index contributed by atoms with van der Waals surface area (Å²) < 4.78 is 3.15. The highest BCUT2D eigenvalue weighted by Crippen LogP contribution is 2.20. The second kappa shape index (κ2) is 6.67. The Morgan fingerprint density at radius 2 is 1.89 bits per heavy atom. The Balaban J connectivity index is 1.91. The number of benzene rings is 2. The SMILES string of the molecule is Cc1ccc(C)c(Cn2nc(C)c3cnn(-c4cccc(Cl)c4)c3c2=O)c1. The molecule has 27 heavy (non-hydrogen) atoms. The van der Waals surface area contributed by atoms with E-state index in [2.05, 4.69) is 28.4 Å².